The molecular formula is C16H23F3N2. The molecule has 1 saturated heterocycles. The van der Waals surface area contributed by atoms with Gasteiger partial charge in [-0.3, -0.25) is 4.90 Å². The Labute approximate surface area is 124 Å². The van der Waals surface area contributed by atoms with Gasteiger partial charge < -0.3 is 5.32 Å². The van der Waals surface area contributed by atoms with Crippen molar-refractivity contribution in [2.75, 3.05) is 19.6 Å². The Morgan fingerprint density at radius 3 is 2.19 bits per heavy atom. The molecule has 1 N–H and O–H groups in total. The van der Waals surface area contributed by atoms with Gasteiger partial charge in [0.05, 0.1) is 0 Å². The normalized spacial score (nSPS) is 17.6. The SMILES string of the molecule is CC(C)C(CNCc1cc(F)c(F)c(F)c1)N1CCCC1. The lowest BCUT2D eigenvalue weighted by Crippen LogP contribution is -2.44. The summed E-state index contributed by atoms with van der Waals surface area (Å²) in [6.45, 7) is 7.70. The molecule has 0 aliphatic carbocycles. The maximum Gasteiger partial charge on any atom is 0.194 e. The van der Waals surface area contributed by atoms with Crippen LogP contribution in [0.3, 0.4) is 0 Å². The number of nitrogens with one attached hydrogen (secondary N) is 1. The van der Waals surface area contributed by atoms with Crippen molar-refractivity contribution in [3.63, 3.8) is 0 Å². The van der Waals surface area contributed by atoms with Crippen LogP contribution in [-0.2, 0) is 6.54 Å². The minimum absolute atomic E-state index is 0.338. The molecule has 1 heterocycles. The third kappa shape index (κ3) is 4.20. The van der Waals surface area contributed by atoms with Crippen molar-refractivity contribution in [2.45, 2.75) is 39.3 Å². The van der Waals surface area contributed by atoms with Crippen LogP contribution in [0, 0.1) is 23.4 Å². The first-order valence-corrected chi connectivity index (χ1v) is 7.57. The first kappa shape index (κ1) is 16.3. The molecule has 1 aromatic carbocycles. The summed E-state index contributed by atoms with van der Waals surface area (Å²) < 4.78 is 39.2. The summed E-state index contributed by atoms with van der Waals surface area (Å²) in [5.74, 6) is -3.16. The number of nitrogens with zero attached hydrogens (tertiary/aromatic N) is 1. The number of rotatable bonds is 6. The van der Waals surface area contributed by atoms with Crippen LogP contribution in [0.4, 0.5) is 13.2 Å². The second-order valence-electron chi connectivity index (χ2n) is 6.06. The molecule has 2 nitrogen and oxygen atoms in total. The maximum absolute atomic E-state index is 13.1. The number of benzene rings is 1. The van der Waals surface area contributed by atoms with Crippen molar-refractivity contribution in [1.29, 1.82) is 0 Å². The van der Waals surface area contributed by atoms with E-state index in [-0.39, 0.29) is 0 Å². The van der Waals surface area contributed by atoms with E-state index in [1.165, 1.54) is 12.8 Å². The van der Waals surface area contributed by atoms with Gasteiger partial charge in [0.1, 0.15) is 0 Å². The average Bonchev–Trinajstić information content (AvgIpc) is 2.94. The van der Waals surface area contributed by atoms with Gasteiger partial charge in [0.25, 0.3) is 0 Å². The molecule has 1 atom stereocenters. The van der Waals surface area contributed by atoms with E-state index in [1.54, 1.807) is 0 Å². The van der Waals surface area contributed by atoms with Crippen molar-refractivity contribution in [3.05, 3.63) is 35.1 Å². The summed E-state index contributed by atoms with van der Waals surface area (Å²) in [7, 11) is 0. The quantitative estimate of drug-likeness (QED) is 0.811. The first-order chi connectivity index (χ1) is 9.99. The monoisotopic (exact) mass is 300 g/mol. The highest BCUT2D eigenvalue weighted by molar-refractivity contribution is 5.19. The first-order valence-electron chi connectivity index (χ1n) is 7.57. The van der Waals surface area contributed by atoms with Crippen LogP contribution in [0.25, 0.3) is 0 Å². The predicted octanol–water partition coefficient (Wildman–Crippen LogP) is 3.31. The van der Waals surface area contributed by atoms with E-state index in [2.05, 4.69) is 24.1 Å². The van der Waals surface area contributed by atoms with E-state index in [4.69, 9.17) is 0 Å². The molecule has 1 aliphatic heterocycles. The standard InChI is InChI=1S/C16H23F3N2/c1-11(2)15(21-5-3-4-6-21)10-20-9-12-7-13(17)16(19)14(18)8-12/h7-8,11,15,20H,3-6,9-10H2,1-2H3. The number of hydrogen-bond acceptors (Lipinski definition) is 2. The molecule has 0 bridgehead atoms. The zero-order valence-electron chi connectivity index (χ0n) is 12.6. The zero-order valence-corrected chi connectivity index (χ0v) is 12.6. The predicted molar refractivity (Wildman–Crippen MR) is 77.5 cm³/mol. The van der Waals surface area contributed by atoms with Crippen molar-refractivity contribution in [2.24, 2.45) is 5.92 Å². The molecule has 118 valence electrons. The molecule has 1 fully saturated rings. The van der Waals surface area contributed by atoms with Crippen LogP contribution in [0.15, 0.2) is 12.1 Å². The van der Waals surface area contributed by atoms with Crippen LogP contribution in [0.1, 0.15) is 32.3 Å². The van der Waals surface area contributed by atoms with Crippen LogP contribution < -0.4 is 5.32 Å². The lowest BCUT2D eigenvalue weighted by atomic mass is 10.0. The average molecular weight is 300 g/mol. The van der Waals surface area contributed by atoms with E-state index in [0.29, 0.717) is 24.1 Å². The van der Waals surface area contributed by atoms with Crippen molar-refractivity contribution in [3.8, 4) is 0 Å². The number of hydrogen-bond donors (Lipinski definition) is 1. The smallest absolute Gasteiger partial charge is 0.194 e. The van der Waals surface area contributed by atoms with Gasteiger partial charge in [-0.25, -0.2) is 13.2 Å². The third-order valence-corrected chi connectivity index (χ3v) is 4.11. The Kier molecular flexibility index (Phi) is 5.65. The summed E-state index contributed by atoms with van der Waals surface area (Å²) in [6, 6.07) is 2.51. The van der Waals surface area contributed by atoms with Crippen molar-refractivity contribution >= 4 is 0 Å². The van der Waals surface area contributed by atoms with Crippen molar-refractivity contribution < 1.29 is 13.2 Å². The fraction of sp³-hybridized carbons (Fsp3) is 0.625. The van der Waals surface area contributed by atoms with Gasteiger partial charge in [0.2, 0.25) is 0 Å². The molecule has 0 saturated carbocycles. The molecule has 0 spiro atoms. The summed E-state index contributed by atoms with van der Waals surface area (Å²) in [5.41, 5.74) is 0.426. The number of halogens is 3. The van der Waals surface area contributed by atoms with E-state index >= 15 is 0 Å². The second-order valence-corrected chi connectivity index (χ2v) is 6.06. The van der Waals surface area contributed by atoms with Crippen LogP contribution in [-0.4, -0.2) is 30.6 Å². The van der Waals surface area contributed by atoms with Gasteiger partial charge in [-0.05, 0) is 49.5 Å². The van der Waals surface area contributed by atoms with E-state index in [0.717, 1.165) is 31.8 Å². The Morgan fingerprint density at radius 1 is 1.10 bits per heavy atom. The molecule has 0 amide bonds. The van der Waals surface area contributed by atoms with E-state index < -0.39 is 17.5 Å². The topological polar surface area (TPSA) is 15.3 Å². The molecule has 1 unspecified atom stereocenters. The fourth-order valence-electron chi connectivity index (χ4n) is 2.93. The van der Waals surface area contributed by atoms with Crippen LogP contribution in [0.2, 0.25) is 0 Å². The molecule has 5 heteroatoms. The highest BCUT2D eigenvalue weighted by Crippen LogP contribution is 2.18. The highest BCUT2D eigenvalue weighted by Gasteiger charge is 2.24. The van der Waals surface area contributed by atoms with Gasteiger partial charge in [-0.1, -0.05) is 13.8 Å². The zero-order chi connectivity index (χ0) is 15.4. The van der Waals surface area contributed by atoms with Gasteiger partial charge in [-0.15, -0.1) is 0 Å². The maximum atomic E-state index is 13.1. The summed E-state index contributed by atoms with van der Waals surface area (Å²) in [6.07, 6.45) is 2.47. The minimum atomic E-state index is -1.41. The highest BCUT2D eigenvalue weighted by atomic mass is 19.2. The van der Waals surface area contributed by atoms with Gasteiger partial charge >= 0.3 is 0 Å². The molecule has 1 aromatic rings. The summed E-state index contributed by atoms with van der Waals surface area (Å²) in [4.78, 5) is 2.46. The molecule has 0 aromatic heterocycles. The molecule has 0 radical (unpaired) electrons. The Balaban J connectivity index is 1.90. The Morgan fingerprint density at radius 2 is 1.67 bits per heavy atom. The largest absolute Gasteiger partial charge is 0.311 e. The lowest BCUT2D eigenvalue weighted by Gasteiger charge is -2.31. The second kappa shape index (κ2) is 7.27. The van der Waals surface area contributed by atoms with E-state index in [9.17, 15) is 13.2 Å². The molecule has 2 rings (SSSR count). The van der Waals surface area contributed by atoms with Crippen molar-refractivity contribution in [1.82, 2.24) is 10.2 Å². The summed E-state index contributed by atoms with van der Waals surface area (Å²) >= 11 is 0. The number of likely N-dealkylation sites (tertiary alicyclic amines) is 1. The summed E-state index contributed by atoms with van der Waals surface area (Å²) in [5, 5.41) is 3.24. The molecular weight excluding hydrogens is 277 g/mol. The Hall–Kier alpha value is -1.07. The van der Waals surface area contributed by atoms with Crippen LogP contribution >= 0.6 is 0 Å². The molecule has 21 heavy (non-hydrogen) atoms. The third-order valence-electron chi connectivity index (χ3n) is 4.11. The minimum Gasteiger partial charge on any atom is -0.311 e. The van der Waals surface area contributed by atoms with Gasteiger partial charge in [0.15, 0.2) is 17.5 Å². The van der Waals surface area contributed by atoms with Gasteiger partial charge in [-0.2, -0.15) is 0 Å². The van der Waals surface area contributed by atoms with E-state index in [1.807, 2.05) is 0 Å². The molecule has 1 aliphatic rings. The fourth-order valence-corrected chi connectivity index (χ4v) is 2.93. The Bertz CT molecular complexity index is 448. The van der Waals surface area contributed by atoms with Gasteiger partial charge in [0, 0.05) is 19.1 Å². The van der Waals surface area contributed by atoms with Crippen LogP contribution in [0.5, 0.6) is 0 Å². The lowest BCUT2D eigenvalue weighted by molar-refractivity contribution is 0.186.